The van der Waals surface area contributed by atoms with Gasteiger partial charge in [0.05, 0.1) is 18.0 Å². The average molecular weight is 321 g/mol. The molecule has 2 rings (SSSR count). The largest absolute Gasteiger partial charge is 0.389 e. The van der Waals surface area contributed by atoms with Crippen LogP contribution in [0.4, 0.5) is 0 Å². The Labute approximate surface area is 127 Å². The smallest absolute Gasteiger partial charge is 0.268 e. The summed E-state index contributed by atoms with van der Waals surface area (Å²) in [7, 11) is -2.40. The van der Waals surface area contributed by atoms with Gasteiger partial charge in [-0.15, -0.1) is 0 Å². The summed E-state index contributed by atoms with van der Waals surface area (Å²) >= 11 is 0. The van der Waals surface area contributed by atoms with Crippen LogP contribution in [0.2, 0.25) is 0 Å². The highest BCUT2D eigenvalue weighted by molar-refractivity contribution is 7.86. The van der Waals surface area contributed by atoms with Crippen LogP contribution in [0.3, 0.4) is 0 Å². The third-order valence-electron chi connectivity index (χ3n) is 4.98. The van der Waals surface area contributed by atoms with Crippen molar-refractivity contribution in [3.63, 3.8) is 0 Å². The van der Waals surface area contributed by atoms with Gasteiger partial charge in [-0.2, -0.15) is 8.42 Å². The number of rotatable bonds is 6. The Morgan fingerprint density at radius 1 is 1.19 bits per heavy atom. The van der Waals surface area contributed by atoms with Crippen molar-refractivity contribution >= 4 is 10.1 Å². The van der Waals surface area contributed by atoms with Crippen LogP contribution in [0.15, 0.2) is 0 Å². The van der Waals surface area contributed by atoms with E-state index >= 15 is 0 Å². The zero-order chi connectivity index (χ0) is 15.5. The SMILES string of the molecule is COCC(O)CNC1CCCC2C1CCCC2S(=O)(=O)O. The third-order valence-corrected chi connectivity index (χ3v) is 6.33. The van der Waals surface area contributed by atoms with Crippen LogP contribution in [0, 0.1) is 11.8 Å². The van der Waals surface area contributed by atoms with E-state index in [1.54, 1.807) is 7.11 Å². The van der Waals surface area contributed by atoms with Crippen LogP contribution < -0.4 is 5.32 Å². The lowest BCUT2D eigenvalue weighted by Gasteiger charge is -2.44. The van der Waals surface area contributed by atoms with Crippen molar-refractivity contribution < 1.29 is 22.8 Å². The summed E-state index contributed by atoms with van der Waals surface area (Å²) in [6.45, 7) is 0.750. The Balaban J connectivity index is 1.98. The van der Waals surface area contributed by atoms with Crippen molar-refractivity contribution in [3.8, 4) is 0 Å². The van der Waals surface area contributed by atoms with Crippen molar-refractivity contribution in [2.45, 2.75) is 55.9 Å². The predicted molar refractivity (Wildman–Crippen MR) is 79.7 cm³/mol. The van der Waals surface area contributed by atoms with E-state index in [-0.39, 0.29) is 17.9 Å². The molecule has 2 saturated carbocycles. The van der Waals surface area contributed by atoms with Crippen LogP contribution in [0.25, 0.3) is 0 Å². The second-order valence-electron chi connectivity index (χ2n) is 6.37. The zero-order valence-corrected chi connectivity index (χ0v) is 13.4. The highest BCUT2D eigenvalue weighted by atomic mass is 32.2. The molecule has 0 saturated heterocycles. The van der Waals surface area contributed by atoms with Gasteiger partial charge in [-0.25, -0.2) is 0 Å². The first-order chi connectivity index (χ1) is 9.93. The van der Waals surface area contributed by atoms with Gasteiger partial charge in [0.15, 0.2) is 0 Å². The maximum atomic E-state index is 11.6. The quantitative estimate of drug-likeness (QED) is 0.627. The molecule has 2 fully saturated rings. The average Bonchev–Trinajstić information content (AvgIpc) is 2.43. The molecule has 124 valence electrons. The molecule has 5 unspecified atom stereocenters. The number of hydrogen-bond donors (Lipinski definition) is 3. The molecule has 0 amide bonds. The van der Waals surface area contributed by atoms with Crippen molar-refractivity contribution in [1.29, 1.82) is 0 Å². The Hall–Kier alpha value is -0.210. The Morgan fingerprint density at radius 2 is 1.86 bits per heavy atom. The molecule has 0 radical (unpaired) electrons. The van der Waals surface area contributed by atoms with Crippen molar-refractivity contribution in [2.24, 2.45) is 11.8 Å². The van der Waals surface area contributed by atoms with Crippen LogP contribution in [-0.4, -0.2) is 55.7 Å². The summed E-state index contributed by atoms with van der Waals surface area (Å²) in [6.07, 6.45) is 4.69. The molecule has 0 aromatic rings. The van der Waals surface area contributed by atoms with Gasteiger partial charge in [-0.1, -0.05) is 12.8 Å². The van der Waals surface area contributed by atoms with Crippen molar-refractivity contribution in [2.75, 3.05) is 20.3 Å². The molecule has 7 heteroatoms. The number of aliphatic hydroxyl groups is 1. The molecule has 0 aliphatic heterocycles. The van der Waals surface area contributed by atoms with Gasteiger partial charge in [0.1, 0.15) is 0 Å². The summed E-state index contributed by atoms with van der Waals surface area (Å²) < 4.78 is 37.5. The lowest BCUT2D eigenvalue weighted by atomic mass is 9.68. The van der Waals surface area contributed by atoms with E-state index in [0.717, 1.165) is 32.1 Å². The molecule has 3 N–H and O–H groups in total. The molecular weight excluding hydrogens is 294 g/mol. The lowest BCUT2D eigenvalue weighted by molar-refractivity contribution is 0.0533. The predicted octanol–water partition coefficient (Wildman–Crippen LogP) is 0.809. The normalized spacial score (nSPS) is 35.2. The van der Waals surface area contributed by atoms with E-state index < -0.39 is 21.5 Å². The number of nitrogens with one attached hydrogen (secondary N) is 1. The number of hydrogen-bond acceptors (Lipinski definition) is 5. The fourth-order valence-electron chi connectivity index (χ4n) is 4.11. The fourth-order valence-corrected chi connectivity index (χ4v) is 5.35. The molecule has 2 aliphatic carbocycles. The minimum atomic E-state index is -3.96. The van der Waals surface area contributed by atoms with Crippen LogP contribution in [0.1, 0.15) is 38.5 Å². The van der Waals surface area contributed by atoms with E-state index in [9.17, 15) is 18.1 Å². The summed E-state index contributed by atoms with van der Waals surface area (Å²) in [4.78, 5) is 0. The van der Waals surface area contributed by atoms with E-state index in [0.29, 0.717) is 19.6 Å². The molecule has 5 atom stereocenters. The van der Waals surface area contributed by atoms with Gasteiger partial charge < -0.3 is 15.2 Å². The number of fused-ring (bicyclic) bond motifs is 1. The molecule has 21 heavy (non-hydrogen) atoms. The first kappa shape index (κ1) is 17.1. The van der Waals surface area contributed by atoms with E-state index in [2.05, 4.69) is 5.32 Å². The van der Waals surface area contributed by atoms with Crippen LogP contribution in [0.5, 0.6) is 0 Å². The first-order valence-corrected chi connectivity index (χ1v) is 9.30. The van der Waals surface area contributed by atoms with Crippen molar-refractivity contribution in [3.05, 3.63) is 0 Å². The number of methoxy groups -OCH3 is 1. The molecule has 2 aliphatic rings. The Morgan fingerprint density at radius 3 is 2.52 bits per heavy atom. The number of ether oxygens (including phenoxy) is 1. The second kappa shape index (κ2) is 7.37. The zero-order valence-electron chi connectivity index (χ0n) is 12.6. The van der Waals surface area contributed by atoms with Gasteiger partial charge in [0.2, 0.25) is 0 Å². The Kier molecular flexibility index (Phi) is 6.02. The van der Waals surface area contributed by atoms with Crippen LogP contribution >= 0.6 is 0 Å². The van der Waals surface area contributed by atoms with E-state index in [1.807, 2.05) is 0 Å². The van der Waals surface area contributed by atoms with Gasteiger partial charge in [-0.05, 0) is 37.5 Å². The molecule has 0 heterocycles. The van der Waals surface area contributed by atoms with Crippen molar-refractivity contribution in [1.82, 2.24) is 5.32 Å². The van der Waals surface area contributed by atoms with E-state index in [4.69, 9.17) is 4.74 Å². The summed E-state index contributed by atoms with van der Waals surface area (Å²) in [6, 6.07) is 0.222. The summed E-state index contributed by atoms with van der Waals surface area (Å²) in [5.74, 6) is 0.314. The molecule has 0 spiro atoms. The second-order valence-corrected chi connectivity index (χ2v) is 8.00. The van der Waals surface area contributed by atoms with Gasteiger partial charge in [0, 0.05) is 19.7 Å². The van der Waals surface area contributed by atoms with Gasteiger partial charge in [0.25, 0.3) is 10.1 Å². The topological polar surface area (TPSA) is 95.9 Å². The fraction of sp³-hybridized carbons (Fsp3) is 1.00. The van der Waals surface area contributed by atoms with Gasteiger partial charge in [-0.3, -0.25) is 4.55 Å². The highest BCUT2D eigenvalue weighted by Crippen LogP contribution is 2.43. The van der Waals surface area contributed by atoms with Gasteiger partial charge >= 0.3 is 0 Å². The standard InChI is InChI=1S/C14H27NO5S/c1-20-9-10(16)8-15-13-6-2-5-12-11(13)4-3-7-14(12)21(17,18)19/h10-16H,2-9H2,1H3,(H,17,18,19). The van der Waals surface area contributed by atoms with Crippen LogP contribution in [-0.2, 0) is 14.9 Å². The lowest BCUT2D eigenvalue weighted by Crippen LogP contribution is -2.51. The molecule has 6 nitrogen and oxygen atoms in total. The maximum absolute atomic E-state index is 11.6. The molecular formula is C14H27NO5S. The highest BCUT2D eigenvalue weighted by Gasteiger charge is 2.44. The molecule has 0 aromatic heterocycles. The minimum Gasteiger partial charge on any atom is -0.389 e. The third kappa shape index (κ3) is 4.39. The Bertz CT molecular complexity index is 427. The first-order valence-electron chi connectivity index (χ1n) is 7.80. The minimum absolute atomic E-state index is 0.0413. The maximum Gasteiger partial charge on any atom is 0.268 e. The number of aliphatic hydroxyl groups excluding tert-OH is 1. The monoisotopic (exact) mass is 321 g/mol. The molecule has 0 bridgehead atoms. The molecule has 0 aromatic carbocycles. The summed E-state index contributed by atoms with van der Waals surface area (Å²) in [5, 5.41) is 12.5. The summed E-state index contributed by atoms with van der Waals surface area (Å²) in [5.41, 5.74) is 0. The van der Waals surface area contributed by atoms with E-state index in [1.165, 1.54) is 0 Å².